The van der Waals surface area contributed by atoms with E-state index in [0.29, 0.717) is 0 Å². The van der Waals surface area contributed by atoms with Crippen LogP contribution in [0.1, 0.15) is 18.1 Å². The first-order valence-corrected chi connectivity index (χ1v) is 7.13. The number of nitrogens with one attached hydrogen (secondary N) is 1. The van der Waals surface area contributed by atoms with Gasteiger partial charge in [0.2, 0.25) is 0 Å². The Labute approximate surface area is 121 Å². The zero-order valence-electron chi connectivity index (χ0n) is 10.2. The van der Waals surface area contributed by atoms with E-state index < -0.39 is 0 Å². The van der Waals surface area contributed by atoms with Crippen molar-refractivity contribution in [3.63, 3.8) is 0 Å². The summed E-state index contributed by atoms with van der Waals surface area (Å²) in [7, 11) is 0. The van der Waals surface area contributed by atoms with Gasteiger partial charge in [-0.25, -0.2) is 0 Å². The molecule has 18 heavy (non-hydrogen) atoms. The lowest BCUT2D eigenvalue weighted by molar-refractivity contribution is 1.12. The van der Waals surface area contributed by atoms with Gasteiger partial charge in [-0.1, -0.05) is 46.6 Å². The summed E-state index contributed by atoms with van der Waals surface area (Å²) in [5.41, 5.74) is 3.63. The number of hydrogen-bond acceptors (Lipinski definition) is 1. The molecular weight excluding hydrogens is 310 g/mol. The Balaban J connectivity index is 2.04. The molecule has 2 aromatic carbocycles. The van der Waals surface area contributed by atoms with Gasteiger partial charge < -0.3 is 5.32 Å². The largest absolute Gasteiger partial charge is 0.381 e. The Morgan fingerprint density at radius 2 is 1.83 bits per heavy atom. The smallest absolute Gasteiger partial charge is 0.0412 e. The third-order valence-electron chi connectivity index (χ3n) is 2.85. The van der Waals surface area contributed by atoms with Crippen LogP contribution < -0.4 is 5.32 Å². The Bertz CT molecular complexity index is 523. The monoisotopic (exact) mass is 323 g/mol. The van der Waals surface area contributed by atoms with Crippen LogP contribution in [0.5, 0.6) is 0 Å². The van der Waals surface area contributed by atoms with Crippen molar-refractivity contribution < 1.29 is 0 Å². The van der Waals surface area contributed by atoms with Crippen LogP contribution in [0.3, 0.4) is 0 Å². The Hall–Kier alpha value is -0.990. The molecule has 1 N–H and O–H groups in total. The van der Waals surface area contributed by atoms with Crippen LogP contribution in [0.15, 0.2) is 46.9 Å². The Morgan fingerprint density at radius 1 is 1.11 bits per heavy atom. The lowest BCUT2D eigenvalue weighted by Gasteiger charge is -2.09. The molecular formula is C15H15BrClN. The lowest BCUT2D eigenvalue weighted by atomic mass is 10.1. The SMILES string of the molecule is CCc1ccc(NCc2cc(Cl)ccc2Br)cc1. The molecule has 0 aromatic heterocycles. The molecule has 0 aliphatic carbocycles. The van der Waals surface area contributed by atoms with Crippen molar-refractivity contribution in [2.75, 3.05) is 5.32 Å². The second-order valence-corrected chi connectivity index (χ2v) is 5.43. The normalized spacial score (nSPS) is 10.4. The first-order valence-electron chi connectivity index (χ1n) is 5.96. The number of rotatable bonds is 4. The van der Waals surface area contributed by atoms with E-state index in [-0.39, 0.29) is 0 Å². The zero-order chi connectivity index (χ0) is 13.0. The van der Waals surface area contributed by atoms with E-state index in [1.165, 1.54) is 5.56 Å². The number of aryl methyl sites for hydroxylation is 1. The second-order valence-electron chi connectivity index (χ2n) is 4.14. The third kappa shape index (κ3) is 3.50. The van der Waals surface area contributed by atoms with Crippen LogP contribution in [-0.4, -0.2) is 0 Å². The standard InChI is InChI=1S/C15H15BrClN/c1-2-11-3-6-14(7-4-11)18-10-12-9-13(17)5-8-15(12)16/h3-9,18H,2,10H2,1H3. The topological polar surface area (TPSA) is 12.0 Å². The van der Waals surface area contributed by atoms with Gasteiger partial charge in [-0.2, -0.15) is 0 Å². The summed E-state index contributed by atoms with van der Waals surface area (Å²) in [4.78, 5) is 0. The van der Waals surface area contributed by atoms with Crippen molar-refractivity contribution in [3.8, 4) is 0 Å². The van der Waals surface area contributed by atoms with Crippen LogP contribution in [0.4, 0.5) is 5.69 Å². The number of hydrogen-bond donors (Lipinski definition) is 1. The van der Waals surface area contributed by atoms with Crippen molar-refractivity contribution >= 4 is 33.2 Å². The van der Waals surface area contributed by atoms with E-state index in [1.807, 2.05) is 18.2 Å². The van der Waals surface area contributed by atoms with Crippen LogP contribution in [0, 0.1) is 0 Å². The lowest BCUT2D eigenvalue weighted by Crippen LogP contribution is -2.00. The van der Waals surface area contributed by atoms with Gasteiger partial charge in [-0.15, -0.1) is 0 Å². The second kappa shape index (κ2) is 6.26. The molecule has 2 aromatic rings. The average Bonchev–Trinajstić information content (AvgIpc) is 2.40. The summed E-state index contributed by atoms with van der Waals surface area (Å²) < 4.78 is 1.07. The average molecular weight is 325 g/mol. The third-order valence-corrected chi connectivity index (χ3v) is 3.86. The van der Waals surface area contributed by atoms with E-state index in [0.717, 1.165) is 33.7 Å². The Morgan fingerprint density at radius 3 is 2.50 bits per heavy atom. The van der Waals surface area contributed by atoms with Gasteiger partial charge in [0.15, 0.2) is 0 Å². The van der Waals surface area contributed by atoms with Crippen molar-refractivity contribution in [2.45, 2.75) is 19.9 Å². The maximum atomic E-state index is 5.99. The minimum Gasteiger partial charge on any atom is -0.381 e. The molecule has 2 rings (SSSR count). The highest BCUT2D eigenvalue weighted by atomic mass is 79.9. The fourth-order valence-electron chi connectivity index (χ4n) is 1.73. The maximum Gasteiger partial charge on any atom is 0.0412 e. The highest BCUT2D eigenvalue weighted by molar-refractivity contribution is 9.10. The van der Waals surface area contributed by atoms with Gasteiger partial charge >= 0.3 is 0 Å². The fourth-order valence-corrected chi connectivity index (χ4v) is 2.32. The number of halogens is 2. The van der Waals surface area contributed by atoms with E-state index >= 15 is 0 Å². The summed E-state index contributed by atoms with van der Waals surface area (Å²) >= 11 is 9.52. The van der Waals surface area contributed by atoms with E-state index in [4.69, 9.17) is 11.6 Å². The van der Waals surface area contributed by atoms with Gasteiger partial charge in [0.1, 0.15) is 0 Å². The number of benzene rings is 2. The summed E-state index contributed by atoms with van der Waals surface area (Å²) in [6.07, 6.45) is 1.07. The molecule has 0 amide bonds. The highest BCUT2D eigenvalue weighted by Gasteiger charge is 2.01. The van der Waals surface area contributed by atoms with E-state index in [2.05, 4.69) is 52.4 Å². The van der Waals surface area contributed by atoms with Crippen molar-refractivity contribution in [3.05, 3.63) is 63.1 Å². The minimum atomic E-state index is 0.757. The molecule has 0 aliphatic heterocycles. The molecule has 3 heteroatoms. The molecule has 1 nitrogen and oxygen atoms in total. The van der Waals surface area contributed by atoms with Crippen LogP contribution in [0.2, 0.25) is 5.02 Å². The Kier molecular flexibility index (Phi) is 4.67. The molecule has 0 spiro atoms. The first kappa shape index (κ1) is 13.4. The molecule has 0 bridgehead atoms. The molecule has 0 fully saturated rings. The summed E-state index contributed by atoms with van der Waals surface area (Å²) in [5, 5.41) is 4.15. The van der Waals surface area contributed by atoms with Gasteiger partial charge in [-0.05, 0) is 47.9 Å². The quantitative estimate of drug-likeness (QED) is 0.807. The summed E-state index contributed by atoms with van der Waals surface area (Å²) in [6, 6.07) is 14.3. The van der Waals surface area contributed by atoms with Crippen molar-refractivity contribution in [2.24, 2.45) is 0 Å². The molecule has 94 valence electrons. The summed E-state index contributed by atoms with van der Waals surface area (Å²) in [5.74, 6) is 0. The van der Waals surface area contributed by atoms with E-state index in [1.54, 1.807) is 0 Å². The molecule has 0 unspecified atom stereocenters. The van der Waals surface area contributed by atoms with Gasteiger partial charge in [0, 0.05) is 21.7 Å². The van der Waals surface area contributed by atoms with Gasteiger partial charge in [-0.3, -0.25) is 0 Å². The maximum absolute atomic E-state index is 5.99. The molecule has 0 radical (unpaired) electrons. The predicted molar refractivity (Wildman–Crippen MR) is 82.3 cm³/mol. The van der Waals surface area contributed by atoms with Crippen molar-refractivity contribution in [1.82, 2.24) is 0 Å². The zero-order valence-corrected chi connectivity index (χ0v) is 12.6. The number of anilines is 1. The van der Waals surface area contributed by atoms with E-state index in [9.17, 15) is 0 Å². The van der Waals surface area contributed by atoms with Crippen LogP contribution >= 0.6 is 27.5 Å². The van der Waals surface area contributed by atoms with Gasteiger partial charge in [0.25, 0.3) is 0 Å². The summed E-state index contributed by atoms with van der Waals surface area (Å²) in [6.45, 7) is 2.91. The van der Waals surface area contributed by atoms with Gasteiger partial charge in [0.05, 0.1) is 0 Å². The van der Waals surface area contributed by atoms with Crippen LogP contribution in [0.25, 0.3) is 0 Å². The molecule has 0 saturated carbocycles. The molecule has 0 heterocycles. The highest BCUT2D eigenvalue weighted by Crippen LogP contribution is 2.22. The van der Waals surface area contributed by atoms with Crippen LogP contribution in [-0.2, 0) is 13.0 Å². The fraction of sp³-hybridized carbons (Fsp3) is 0.200. The first-order chi connectivity index (χ1) is 8.69. The minimum absolute atomic E-state index is 0.757. The molecule has 0 saturated heterocycles. The van der Waals surface area contributed by atoms with Crippen molar-refractivity contribution in [1.29, 1.82) is 0 Å². The molecule has 0 atom stereocenters. The molecule has 0 aliphatic rings. The predicted octanol–water partition coefficient (Wildman–Crippen LogP) is 5.28.